The smallest absolute Gasteiger partial charge is 0.406 e. The zero-order valence-electron chi connectivity index (χ0n) is 11.4. The first-order valence-electron chi connectivity index (χ1n) is 6.42. The number of halogens is 3. The van der Waals surface area contributed by atoms with Crippen molar-refractivity contribution in [1.29, 1.82) is 0 Å². The number of hydrogen-bond acceptors (Lipinski definition) is 2. The summed E-state index contributed by atoms with van der Waals surface area (Å²) < 4.78 is 40.0. The summed E-state index contributed by atoms with van der Waals surface area (Å²) in [6.07, 6.45) is -3.63. The first kappa shape index (κ1) is 15.8. The third kappa shape index (κ3) is 5.51. The molecule has 1 rings (SSSR count). The minimum Gasteiger partial charge on any atom is -0.406 e. The van der Waals surface area contributed by atoms with E-state index in [1.54, 1.807) is 12.1 Å². The van der Waals surface area contributed by atoms with E-state index in [4.69, 9.17) is 0 Å². The summed E-state index contributed by atoms with van der Waals surface area (Å²) in [4.78, 5) is 0. The monoisotopic (exact) mass is 275 g/mol. The van der Waals surface area contributed by atoms with E-state index in [9.17, 15) is 13.2 Å². The maximum atomic E-state index is 12.1. The van der Waals surface area contributed by atoms with Crippen molar-refractivity contribution in [2.45, 2.75) is 39.6 Å². The van der Waals surface area contributed by atoms with E-state index in [0.717, 1.165) is 18.5 Å². The van der Waals surface area contributed by atoms with Crippen molar-refractivity contribution in [3.63, 3.8) is 0 Å². The zero-order valence-corrected chi connectivity index (χ0v) is 11.4. The van der Waals surface area contributed by atoms with E-state index in [2.05, 4.69) is 30.8 Å². The van der Waals surface area contributed by atoms with Crippen molar-refractivity contribution in [1.82, 2.24) is 5.32 Å². The number of hydrogen-bond donors (Lipinski definition) is 1. The van der Waals surface area contributed by atoms with Gasteiger partial charge in [0.05, 0.1) is 0 Å². The Morgan fingerprint density at radius 1 is 1.16 bits per heavy atom. The molecule has 0 bridgehead atoms. The number of benzene rings is 1. The van der Waals surface area contributed by atoms with Gasteiger partial charge in [0, 0.05) is 6.04 Å². The third-order valence-electron chi connectivity index (χ3n) is 2.75. The minimum atomic E-state index is -4.64. The first-order chi connectivity index (χ1) is 8.83. The molecule has 1 aromatic carbocycles. The molecule has 0 fully saturated rings. The predicted molar refractivity (Wildman–Crippen MR) is 69.0 cm³/mol. The van der Waals surface area contributed by atoms with Crippen LogP contribution in [0, 0.1) is 5.92 Å². The standard InChI is InChI=1S/C14H20F3NO/c1-4-9-18-13(10(2)3)11-5-7-12(8-6-11)19-14(15,16)17/h5-8,10,13,18H,4,9H2,1-3H3. The second-order valence-corrected chi connectivity index (χ2v) is 4.79. The van der Waals surface area contributed by atoms with Gasteiger partial charge in [0.1, 0.15) is 5.75 Å². The second-order valence-electron chi connectivity index (χ2n) is 4.79. The van der Waals surface area contributed by atoms with Gasteiger partial charge < -0.3 is 10.1 Å². The van der Waals surface area contributed by atoms with Crippen LogP contribution in [0.3, 0.4) is 0 Å². The van der Waals surface area contributed by atoms with Crippen LogP contribution in [-0.4, -0.2) is 12.9 Å². The van der Waals surface area contributed by atoms with Gasteiger partial charge >= 0.3 is 6.36 Å². The lowest BCUT2D eigenvalue weighted by Gasteiger charge is -2.23. The van der Waals surface area contributed by atoms with Gasteiger partial charge in [-0.25, -0.2) is 0 Å². The quantitative estimate of drug-likeness (QED) is 0.836. The highest BCUT2D eigenvalue weighted by atomic mass is 19.4. The van der Waals surface area contributed by atoms with Gasteiger partial charge in [-0.3, -0.25) is 0 Å². The lowest BCUT2D eigenvalue weighted by molar-refractivity contribution is -0.274. The molecule has 0 spiro atoms. The summed E-state index contributed by atoms with van der Waals surface area (Å²) in [5, 5.41) is 3.39. The molecule has 1 atom stereocenters. The van der Waals surface area contributed by atoms with Crippen LogP contribution in [0.1, 0.15) is 38.8 Å². The van der Waals surface area contributed by atoms with Crippen LogP contribution in [0.15, 0.2) is 24.3 Å². The molecule has 0 aromatic heterocycles. The fourth-order valence-electron chi connectivity index (χ4n) is 1.92. The molecule has 1 unspecified atom stereocenters. The van der Waals surface area contributed by atoms with Gasteiger partial charge in [-0.2, -0.15) is 0 Å². The van der Waals surface area contributed by atoms with Crippen LogP contribution in [0.2, 0.25) is 0 Å². The van der Waals surface area contributed by atoms with Gasteiger partial charge in [0.2, 0.25) is 0 Å². The highest BCUT2D eigenvalue weighted by Gasteiger charge is 2.31. The number of alkyl halides is 3. The SMILES string of the molecule is CCCNC(c1ccc(OC(F)(F)F)cc1)C(C)C. The number of ether oxygens (including phenoxy) is 1. The van der Waals surface area contributed by atoms with Crippen LogP contribution in [0.4, 0.5) is 13.2 Å². The Hall–Kier alpha value is -1.23. The molecule has 0 saturated heterocycles. The van der Waals surface area contributed by atoms with E-state index in [1.165, 1.54) is 12.1 Å². The fourth-order valence-corrected chi connectivity index (χ4v) is 1.92. The zero-order chi connectivity index (χ0) is 14.5. The highest BCUT2D eigenvalue weighted by Crippen LogP contribution is 2.26. The van der Waals surface area contributed by atoms with Crippen LogP contribution in [-0.2, 0) is 0 Å². The second kappa shape index (κ2) is 6.80. The van der Waals surface area contributed by atoms with E-state index in [1.807, 2.05) is 0 Å². The largest absolute Gasteiger partial charge is 0.573 e. The summed E-state index contributed by atoms with van der Waals surface area (Å²) in [6, 6.07) is 6.19. The van der Waals surface area contributed by atoms with Crippen molar-refractivity contribution >= 4 is 0 Å². The lowest BCUT2D eigenvalue weighted by Crippen LogP contribution is -2.26. The topological polar surface area (TPSA) is 21.3 Å². The van der Waals surface area contributed by atoms with E-state index in [0.29, 0.717) is 5.92 Å². The van der Waals surface area contributed by atoms with E-state index < -0.39 is 6.36 Å². The van der Waals surface area contributed by atoms with Crippen LogP contribution < -0.4 is 10.1 Å². The molecule has 5 heteroatoms. The molecule has 0 radical (unpaired) electrons. The number of nitrogens with one attached hydrogen (secondary N) is 1. The minimum absolute atomic E-state index is 0.139. The van der Waals surface area contributed by atoms with Crippen molar-refractivity contribution in [2.75, 3.05) is 6.54 Å². The third-order valence-corrected chi connectivity index (χ3v) is 2.75. The Morgan fingerprint density at radius 2 is 1.74 bits per heavy atom. The van der Waals surface area contributed by atoms with Gasteiger partial charge in [0.25, 0.3) is 0 Å². The van der Waals surface area contributed by atoms with E-state index in [-0.39, 0.29) is 11.8 Å². The molecule has 0 heterocycles. The maximum Gasteiger partial charge on any atom is 0.573 e. The van der Waals surface area contributed by atoms with Crippen molar-refractivity contribution in [2.24, 2.45) is 5.92 Å². The molecule has 19 heavy (non-hydrogen) atoms. The van der Waals surface area contributed by atoms with E-state index >= 15 is 0 Å². The van der Waals surface area contributed by atoms with Crippen LogP contribution in [0.25, 0.3) is 0 Å². The van der Waals surface area contributed by atoms with Gasteiger partial charge in [0.15, 0.2) is 0 Å². The Balaban J connectivity index is 2.77. The Labute approximate surface area is 112 Å². The Morgan fingerprint density at radius 3 is 2.16 bits per heavy atom. The van der Waals surface area contributed by atoms with Crippen LogP contribution >= 0.6 is 0 Å². The lowest BCUT2D eigenvalue weighted by atomic mass is 9.96. The summed E-state index contributed by atoms with van der Waals surface area (Å²) >= 11 is 0. The molecule has 0 aliphatic heterocycles. The van der Waals surface area contributed by atoms with Gasteiger partial charge in [-0.1, -0.05) is 32.9 Å². The van der Waals surface area contributed by atoms with Crippen LogP contribution in [0.5, 0.6) is 5.75 Å². The Kier molecular flexibility index (Phi) is 5.66. The average molecular weight is 275 g/mol. The molecule has 2 nitrogen and oxygen atoms in total. The molecular formula is C14H20F3NO. The normalized spacial score (nSPS) is 13.6. The Bertz CT molecular complexity index is 373. The molecule has 0 aliphatic rings. The summed E-state index contributed by atoms with van der Waals surface area (Å²) in [7, 11) is 0. The first-order valence-corrected chi connectivity index (χ1v) is 6.42. The fraction of sp³-hybridized carbons (Fsp3) is 0.571. The number of rotatable bonds is 6. The average Bonchev–Trinajstić information content (AvgIpc) is 2.29. The molecule has 0 amide bonds. The molecule has 0 saturated carbocycles. The van der Waals surface area contributed by atoms with Gasteiger partial charge in [-0.15, -0.1) is 13.2 Å². The maximum absolute atomic E-state index is 12.1. The summed E-state index contributed by atoms with van der Waals surface area (Å²) in [5.74, 6) is 0.176. The summed E-state index contributed by atoms with van der Waals surface area (Å²) in [5.41, 5.74) is 0.970. The highest BCUT2D eigenvalue weighted by molar-refractivity contribution is 5.29. The van der Waals surface area contributed by atoms with Gasteiger partial charge in [-0.05, 0) is 36.6 Å². The molecule has 108 valence electrons. The van der Waals surface area contributed by atoms with Crippen molar-refractivity contribution < 1.29 is 17.9 Å². The van der Waals surface area contributed by atoms with Crippen molar-refractivity contribution in [3.05, 3.63) is 29.8 Å². The summed E-state index contributed by atoms with van der Waals surface area (Å²) in [6.45, 7) is 7.11. The van der Waals surface area contributed by atoms with Crippen molar-refractivity contribution in [3.8, 4) is 5.75 Å². The molecule has 1 aromatic rings. The molecule has 0 aliphatic carbocycles. The predicted octanol–water partition coefficient (Wildman–Crippen LogP) is 4.28. The molecular weight excluding hydrogens is 255 g/mol. The molecule has 1 N–H and O–H groups in total.